The molecule has 2 heterocycles. The first-order valence-electron chi connectivity index (χ1n) is 19.9. The summed E-state index contributed by atoms with van der Waals surface area (Å²) < 4.78 is 28.3. The van der Waals surface area contributed by atoms with E-state index in [-0.39, 0.29) is 29.8 Å². The molecule has 4 aromatic carbocycles. The minimum Gasteiger partial charge on any atom is -0.861 e. The standard InChI is InChI=1S/C48H52N4O4S/c1-9-49-42(53)28-51-38-22-18-30-14-10-12-16-34(30)44(38)47(4,5)40(51)24-20-32-26-33(37-27-36(32)46(37,2)3)21-25-41-48(6,7)45-35-17-13-11-15-31(35)19-23-39(45)52(41)29-43(54)50-57(8,55)56/h10-26,36-37H,9,27-29H2,1-8H3,(H-,49,50,53,54). The zero-order valence-electron chi connectivity index (χ0n) is 34.2. The zero-order valence-corrected chi connectivity index (χ0v) is 35.0. The second kappa shape index (κ2) is 13.7. The van der Waals surface area contributed by atoms with Crippen molar-refractivity contribution in [2.75, 3.05) is 30.8 Å². The van der Waals surface area contributed by atoms with Gasteiger partial charge in [0, 0.05) is 41.1 Å². The Kier molecular flexibility index (Phi) is 9.26. The van der Waals surface area contributed by atoms with Gasteiger partial charge in [-0.2, -0.15) is 4.58 Å². The van der Waals surface area contributed by atoms with Crippen LogP contribution in [0.2, 0.25) is 0 Å². The largest absolute Gasteiger partial charge is 0.861 e. The lowest BCUT2D eigenvalue weighted by molar-refractivity contribution is -0.425. The fourth-order valence-corrected chi connectivity index (χ4v) is 10.8. The summed E-state index contributed by atoms with van der Waals surface area (Å²) >= 11 is 0. The Hall–Kier alpha value is -5.28. The SMILES string of the molecule is CCN=C([O-])CN1C(=CC=C2C=C(C=CC3=[N+](CC(=O)NS(C)(=O)=O)c4ccc5ccccc5c4C3(C)C)C3CC2C3(C)C)C(C)(C)c2c1ccc1ccccc21. The Bertz CT molecular complexity index is 2670. The number of sulfonamides is 1. The molecule has 9 rings (SSSR count). The molecule has 3 aliphatic carbocycles. The van der Waals surface area contributed by atoms with E-state index in [9.17, 15) is 18.3 Å². The number of benzene rings is 4. The average molecular weight is 781 g/mol. The van der Waals surface area contributed by atoms with E-state index in [0.29, 0.717) is 18.4 Å². The molecule has 2 atom stereocenters. The van der Waals surface area contributed by atoms with Crippen molar-refractivity contribution in [3.05, 3.63) is 131 Å². The predicted octanol–water partition coefficient (Wildman–Crippen LogP) is 7.99. The molecule has 9 heteroatoms. The molecule has 2 bridgehead atoms. The third-order valence-electron chi connectivity index (χ3n) is 13.0. The Labute approximate surface area is 336 Å². The molecule has 294 valence electrons. The topological polar surface area (TPSA) is 105 Å². The summed E-state index contributed by atoms with van der Waals surface area (Å²) in [5.74, 6) is 0.0347. The number of carbonyl (C=O) groups excluding carboxylic acids is 1. The maximum Gasteiger partial charge on any atom is 0.299 e. The summed E-state index contributed by atoms with van der Waals surface area (Å²) in [5, 5.41) is 17.7. The van der Waals surface area contributed by atoms with Gasteiger partial charge in [-0.15, -0.1) is 0 Å². The average Bonchev–Trinajstić information content (AvgIpc) is 3.49. The summed E-state index contributed by atoms with van der Waals surface area (Å²) in [4.78, 5) is 19.6. The summed E-state index contributed by atoms with van der Waals surface area (Å²) in [5.41, 5.74) is 7.96. The van der Waals surface area contributed by atoms with Crippen molar-refractivity contribution in [1.82, 2.24) is 4.72 Å². The minimum absolute atomic E-state index is 0.0306. The third-order valence-corrected chi connectivity index (χ3v) is 13.6. The van der Waals surface area contributed by atoms with Crippen molar-refractivity contribution in [3.63, 3.8) is 0 Å². The molecular formula is C48H52N4O4S. The number of aliphatic imine (C=N–C) groups is 1. The van der Waals surface area contributed by atoms with Gasteiger partial charge in [-0.25, -0.2) is 13.1 Å². The van der Waals surface area contributed by atoms with E-state index in [4.69, 9.17) is 0 Å². The second-order valence-electron chi connectivity index (χ2n) is 17.7. The van der Waals surface area contributed by atoms with Crippen LogP contribution in [0.3, 0.4) is 0 Å². The number of amides is 1. The van der Waals surface area contributed by atoms with Crippen molar-refractivity contribution < 1.29 is 22.9 Å². The lowest BCUT2D eigenvalue weighted by Crippen LogP contribution is -2.48. The molecule has 1 saturated carbocycles. The Morgan fingerprint density at radius 1 is 0.877 bits per heavy atom. The van der Waals surface area contributed by atoms with Crippen LogP contribution in [0.15, 0.2) is 125 Å². The number of anilines is 1. The zero-order chi connectivity index (χ0) is 40.7. The van der Waals surface area contributed by atoms with E-state index in [0.717, 1.165) is 51.8 Å². The van der Waals surface area contributed by atoms with E-state index in [2.05, 4.69) is 141 Å². The van der Waals surface area contributed by atoms with Crippen molar-refractivity contribution in [3.8, 4) is 0 Å². The van der Waals surface area contributed by atoms with E-state index in [1.165, 1.54) is 27.5 Å². The number of hydrogen-bond acceptors (Lipinski definition) is 6. The number of rotatable bonds is 9. The van der Waals surface area contributed by atoms with Crippen LogP contribution in [-0.2, 0) is 25.6 Å². The van der Waals surface area contributed by atoms with Gasteiger partial charge < -0.3 is 15.0 Å². The van der Waals surface area contributed by atoms with Gasteiger partial charge in [0.1, 0.15) is 0 Å². The van der Waals surface area contributed by atoms with Crippen molar-refractivity contribution in [1.29, 1.82) is 0 Å². The third kappa shape index (κ3) is 6.44. The smallest absolute Gasteiger partial charge is 0.299 e. The molecule has 1 fully saturated rings. The normalized spacial score (nSPS) is 23.3. The monoisotopic (exact) mass is 780 g/mol. The van der Waals surface area contributed by atoms with Crippen LogP contribution in [0.25, 0.3) is 21.5 Å². The van der Waals surface area contributed by atoms with Crippen LogP contribution >= 0.6 is 0 Å². The molecule has 0 saturated heterocycles. The summed E-state index contributed by atoms with van der Waals surface area (Å²) in [6.45, 7) is 16.0. The second-order valence-corrected chi connectivity index (χ2v) is 19.4. The number of nitrogens with one attached hydrogen (secondary N) is 1. The Morgan fingerprint density at radius 3 is 2.18 bits per heavy atom. The highest BCUT2D eigenvalue weighted by atomic mass is 32.2. The molecule has 2 unspecified atom stereocenters. The minimum atomic E-state index is -3.73. The fourth-order valence-electron chi connectivity index (χ4n) is 10.3. The Morgan fingerprint density at radius 2 is 1.53 bits per heavy atom. The molecule has 0 radical (unpaired) electrons. The van der Waals surface area contributed by atoms with Gasteiger partial charge in [0.05, 0.1) is 18.2 Å². The molecule has 1 N–H and O–H groups in total. The van der Waals surface area contributed by atoms with Crippen molar-refractivity contribution in [2.45, 2.75) is 65.7 Å². The molecular weight excluding hydrogens is 729 g/mol. The van der Waals surface area contributed by atoms with Crippen LogP contribution < -0.4 is 14.7 Å². The first-order valence-corrected chi connectivity index (χ1v) is 21.8. The van der Waals surface area contributed by atoms with Gasteiger partial charge in [-0.05, 0) is 107 Å². The van der Waals surface area contributed by atoms with Crippen LogP contribution in [-0.4, -0.2) is 56.4 Å². The number of nitrogens with zero attached hydrogens (tertiary/aromatic N) is 3. The molecule has 4 aromatic rings. The lowest BCUT2D eigenvalue weighted by atomic mass is 9.47. The highest BCUT2D eigenvalue weighted by Gasteiger charge is 2.53. The molecule has 2 aliphatic heterocycles. The van der Waals surface area contributed by atoms with Gasteiger partial charge in [0.2, 0.25) is 22.3 Å². The maximum absolute atomic E-state index is 13.2. The maximum atomic E-state index is 13.2. The lowest BCUT2D eigenvalue weighted by Gasteiger charge is -2.57. The summed E-state index contributed by atoms with van der Waals surface area (Å²) in [7, 11) is -3.73. The summed E-state index contributed by atoms with van der Waals surface area (Å²) in [6, 6.07) is 25.1. The molecule has 57 heavy (non-hydrogen) atoms. The highest BCUT2D eigenvalue weighted by Crippen LogP contribution is 2.61. The number of carbonyl (C=O) groups is 1. The van der Waals surface area contributed by atoms with Crippen molar-refractivity contribution in [2.24, 2.45) is 22.2 Å². The first kappa shape index (κ1) is 38.6. The number of fused-ring (bicyclic) bond motifs is 7. The van der Waals surface area contributed by atoms with Crippen LogP contribution in [0.5, 0.6) is 0 Å². The van der Waals surface area contributed by atoms with Crippen molar-refractivity contribution >= 4 is 60.5 Å². The van der Waals surface area contributed by atoms with E-state index in [1.54, 1.807) is 0 Å². The highest BCUT2D eigenvalue weighted by molar-refractivity contribution is 7.89. The van der Waals surface area contributed by atoms with Gasteiger partial charge in [0.15, 0.2) is 5.71 Å². The molecule has 0 aromatic heterocycles. The van der Waals surface area contributed by atoms with E-state index < -0.39 is 21.3 Å². The van der Waals surface area contributed by atoms with Crippen LogP contribution in [0.4, 0.5) is 11.4 Å². The number of allylic oxidation sites excluding steroid dienone is 8. The predicted molar refractivity (Wildman–Crippen MR) is 231 cm³/mol. The van der Waals surface area contributed by atoms with Gasteiger partial charge in [-0.3, -0.25) is 4.79 Å². The molecule has 5 aliphatic rings. The van der Waals surface area contributed by atoms with Gasteiger partial charge >= 0.3 is 0 Å². The Balaban J connectivity index is 1.22. The molecule has 8 nitrogen and oxygen atoms in total. The van der Waals surface area contributed by atoms with Gasteiger partial charge in [-0.1, -0.05) is 101 Å². The van der Waals surface area contributed by atoms with Crippen LogP contribution in [0.1, 0.15) is 66.0 Å². The van der Waals surface area contributed by atoms with E-state index in [1.807, 2.05) is 29.7 Å². The summed E-state index contributed by atoms with van der Waals surface area (Å²) in [6.07, 6.45) is 13.2. The van der Waals surface area contributed by atoms with E-state index >= 15 is 0 Å². The first-order chi connectivity index (χ1) is 26.9. The quantitative estimate of drug-likeness (QED) is 0.105. The molecule has 0 spiro atoms. The van der Waals surface area contributed by atoms with Gasteiger partial charge in [0.25, 0.3) is 5.91 Å². The molecule has 1 amide bonds. The fraction of sp³-hybridized carbons (Fsp3) is 0.354. The number of hydrogen-bond donors (Lipinski definition) is 1. The van der Waals surface area contributed by atoms with Crippen LogP contribution in [0, 0.1) is 17.3 Å².